The van der Waals surface area contributed by atoms with E-state index in [1.807, 2.05) is 24.3 Å². The Balaban J connectivity index is 1.06. The van der Waals surface area contributed by atoms with Gasteiger partial charge in [0.1, 0.15) is 18.2 Å². The quantitative estimate of drug-likeness (QED) is 0.178. The average Bonchev–Trinajstić information content (AvgIpc) is 3.58. The molecule has 0 radical (unpaired) electrons. The van der Waals surface area contributed by atoms with E-state index in [0.717, 1.165) is 42.8 Å². The highest BCUT2D eigenvalue weighted by Gasteiger charge is 2.32. The summed E-state index contributed by atoms with van der Waals surface area (Å²) in [6, 6.07) is 11.0. The smallest absolute Gasteiger partial charge is 0.435 e. The number of ether oxygens (including phenoxy) is 4. The topological polar surface area (TPSA) is 183 Å². The molecular formula is C33H45ClN10O5. The van der Waals surface area contributed by atoms with Crippen molar-refractivity contribution in [1.29, 1.82) is 5.26 Å². The van der Waals surface area contributed by atoms with Gasteiger partial charge in [-0.3, -0.25) is 0 Å². The molecule has 1 aliphatic heterocycles. The predicted molar refractivity (Wildman–Crippen MR) is 182 cm³/mol. The van der Waals surface area contributed by atoms with E-state index in [9.17, 15) is 10.1 Å². The van der Waals surface area contributed by atoms with Crippen molar-refractivity contribution in [2.75, 3.05) is 43.6 Å². The Morgan fingerprint density at radius 3 is 2.71 bits per heavy atom. The number of carbonyl (C=O) groups is 1. The first kappa shape index (κ1) is 36.2. The van der Waals surface area contributed by atoms with Crippen molar-refractivity contribution >= 4 is 29.4 Å². The molecule has 49 heavy (non-hydrogen) atoms. The van der Waals surface area contributed by atoms with Gasteiger partial charge in [-0.1, -0.05) is 17.7 Å². The summed E-state index contributed by atoms with van der Waals surface area (Å²) in [4.78, 5) is 21.0. The number of halogens is 1. The molecule has 1 saturated heterocycles. The monoisotopic (exact) mass is 696 g/mol. The maximum atomic E-state index is 11.6. The van der Waals surface area contributed by atoms with Gasteiger partial charge in [0, 0.05) is 49.6 Å². The van der Waals surface area contributed by atoms with Crippen LogP contribution in [0.4, 0.5) is 16.4 Å². The molecule has 0 bridgehead atoms. The average molecular weight is 697 g/mol. The van der Waals surface area contributed by atoms with Crippen LogP contribution in [0.2, 0.25) is 5.02 Å². The number of nitriles is 1. The van der Waals surface area contributed by atoms with Gasteiger partial charge in [0.15, 0.2) is 12.1 Å². The van der Waals surface area contributed by atoms with Gasteiger partial charge < -0.3 is 34.9 Å². The lowest BCUT2D eigenvalue weighted by Crippen LogP contribution is -2.43. The Morgan fingerprint density at radius 1 is 1.18 bits per heavy atom. The Hall–Kier alpha value is -4.10. The molecule has 15 nitrogen and oxygen atoms in total. The van der Waals surface area contributed by atoms with Crippen LogP contribution in [-0.4, -0.2) is 87.4 Å². The molecule has 16 heteroatoms. The SMILES string of the molecule is CCOC(=O)O[C@H](C)n1nnnc1COCC(C)NC1CCC(Nc2cc(-c3cccc(NCC4(C#N)CCOCC4)n3)c(Cl)cn2)CC1. The molecule has 1 unspecified atom stereocenters. The summed E-state index contributed by atoms with van der Waals surface area (Å²) in [5.74, 6) is 1.91. The number of tetrazole rings is 1. The number of hydrogen-bond donors (Lipinski definition) is 3. The molecule has 0 spiro atoms. The van der Waals surface area contributed by atoms with Gasteiger partial charge in [-0.15, -0.1) is 5.10 Å². The van der Waals surface area contributed by atoms with Crippen molar-refractivity contribution in [3.63, 3.8) is 0 Å². The van der Waals surface area contributed by atoms with Gasteiger partial charge in [-0.2, -0.15) is 9.94 Å². The Kier molecular flexibility index (Phi) is 12.9. The van der Waals surface area contributed by atoms with Crippen LogP contribution in [0.15, 0.2) is 30.5 Å². The zero-order valence-corrected chi connectivity index (χ0v) is 29.0. The van der Waals surface area contributed by atoms with Gasteiger partial charge in [0.05, 0.1) is 35.4 Å². The van der Waals surface area contributed by atoms with Gasteiger partial charge in [0.2, 0.25) is 0 Å². The van der Waals surface area contributed by atoms with Crippen molar-refractivity contribution in [3.05, 3.63) is 41.3 Å². The van der Waals surface area contributed by atoms with Crippen molar-refractivity contribution in [2.24, 2.45) is 5.41 Å². The minimum Gasteiger partial charge on any atom is -0.435 e. The summed E-state index contributed by atoms with van der Waals surface area (Å²) < 4.78 is 22.7. The van der Waals surface area contributed by atoms with Crippen molar-refractivity contribution in [1.82, 2.24) is 35.5 Å². The predicted octanol–water partition coefficient (Wildman–Crippen LogP) is 5.13. The second kappa shape index (κ2) is 17.5. The minimum absolute atomic E-state index is 0.118. The van der Waals surface area contributed by atoms with Crippen molar-refractivity contribution < 1.29 is 23.7 Å². The maximum Gasteiger partial charge on any atom is 0.510 e. The van der Waals surface area contributed by atoms with Crippen LogP contribution in [0, 0.1) is 16.7 Å². The first-order valence-electron chi connectivity index (χ1n) is 16.8. The number of rotatable bonds is 15. The molecule has 264 valence electrons. The molecule has 5 rings (SSSR count). The third kappa shape index (κ3) is 10.2. The van der Waals surface area contributed by atoms with E-state index < -0.39 is 17.8 Å². The zero-order valence-electron chi connectivity index (χ0n) is 28.2. The molecule has 3 N–H and O–H groups in total. The van der Waals surface area contributed by atoms with Gasteiger partial charge in [-0.05, 0) is 87.9 Å². The number of anilines is 2. The summed E-state index contributed by atoms with van der Waals surface area (Å²) >= 11 is 6.59. The van der Waals surface area contributed by atoms with Crippen LogP contribution >= 0.6 is 11.6 Å². The highest BCUT2D eigenvalue weighted by Crippen LogP contribution is 2.32. The Bertz CT molecular complexity index is 1550. The van der Waals surface area contributed by atoms with Gasteiger partial charge in [0.25, 0.3) is 0 Å². The molecular weight excluding hydrogens is 652 g/mol. The van der Waals surface area contributed by atoms with Crippen LogP contribution < -0.4 is 16.0 Å². The van der Waals surface area contributed by atoms with Crippen LogP contribution in [0.1, 0.15) is 71.3 Å². The zero-order chi connectivity index (χ0) is 34.6. The number of pyridine rings is 2. The number of nitrogens with zero attached hydrogens (tertiary/aromatic N) is 7. The second-order valence-electron chi connectivity index (χ2n) is 12.5. The molecule has 2 aliphatic rings. The first-order valence-corrected chi connectivity index (χ1v) is 17.2. The third-order valence-electron chi connectivity index (χ3n) is 8.81. The number of nitrogens with one attached hydrogen (secondary N) is 3. The van der Waals surface area contributed by atoms with E-state index in [-0.39, 0.29) is 25.3 Å². The molecule has 3 aromatic heterocycles. The van der Waals surface area contributed by atoms with E-state index in [4.69, 9.17) is 35.5 Å². The molecule has 0 aromatic carbocycles. The van der Waals surface area contributed by atoms with Crippen LogP contribution in [0.3, 0.4) is 0 Å². The van der Waals surface area contributed by atoms with E-state index >= 15 is 0 Å². The summed E-state index contributed by atoms with van der Waals surface area (Å²) in [5.41, 5.74) is 1.08. The fraction of sp³-hybridized carbons (Fsp3) is 0.606. The molecule has 4 heterocycles. The highest BCUT2D eigenvalue weighted by molar-refractivity contribution is 6.33. The molecule has 1 aliphatic carbocycles. The van der Waals surface area contributed by atoms with Crippen molar-refractivity contribution in [3.8, 4) is 17.3 Å². The first-order chi connectivity index (χ1) is 23.8. The van der Waals surface area contributed by atoms with E-state index in [0.29, 0.717) is 61.9 Å². The highest BCUT2D eigenvalue weighted by atomic mass is 35.5. The van der Waals surface area contributed by atoms with Crippen LogP contribution in [0.5, 0.6) is 0 Å². The number of aromatic nitrogens is 6. The second-order valence-corrected chi connectivity index (χ2v) is 12.9. The van der Waals surface area contributed by atoms with Gasteiger partial charge in [-0.25, -0.2) is 14.8 Å². The van der Waals surface area contributed by atoms with E-state index in [1.54, 1.807) is 20.0 Å². The number of carbonyl (C=O) groups excluding carboxylic acids is 1. The summed E-state index contributed by atoms with van der Waals surface area (Å²) in [6.45, 7) is 8.02. The summed E-state index contributed by atoms with van der Waals surface area (Å²) in [5, 5.41) is 32.5. The third-order valence-corrected chi connectivity index (χ3v) is 9.11. The Morgan fingerprint density at radius 2 is 1.96 bits per heavy atom. The lowest BCUT2D eigenvalue weighted by atomic mass is 9.82. The fourth-order valence-corrected chi connectivity index (χ4v) is 6.27. The minimum atomic E-state index is -0.779. The lowest BCUT2D eigenvalue weighted by Gasteiger charge is -2.32. The maximum absolute atomic E-state index is 11.6. The van der Waals surface area contributed by atoms with Gasteiger partial charge >= 0.3 is 6.16 Å². The molecule has 2 fully saturated rings. The van der Waals surface area contributed by atoms with Crippen LogP contribution in [-0.2, 0) is 25.6 Å². The Labute approximate surface area is 291 Å². The van der Waals surface area contributed by atoms with E-state index in [1.165, 1.54) is 4.68 Å². The molecule has 2 atom stereocenters. The normalized spacial score (nSPS) is 20.1. The fourth-order valence-electron chi connectivity index (χ4n) is 6.07. The summed E-state index contributed by atoms with van der Waals surface area (Å²) in [6.07, 6.45) is 5.56. The van der Waals surface area contributed by atoms with Crippen LogP contribution in [0.25, 0.3) is 11.3 Å². The van der Waals surface area contributed by atoms with E-state index in [2.05, 4.69) is 49.5 Å². The standard InChI is InChI=1S/C33H45ClN10O5/c1-4-48-32(45)49-23(3)44-31(41-42-43-44)19-47-18-22(2)38-24-8-10-25(11-9-24)39-30-16-26(27(34)17-36-30)28-6-5-7-29(40-28)37-21-33(20-35)12-14-46-15-13-33/h5-7,16-17,22-25,38H,4,8-15,18-19,21H2,1-3H3,(H,36,39)(H,37,40)/t22?,23-,24?,25?/m1/s1. The largest absolute Gasteiger partial charge is 0.510 e. The summed E-state index contributed by atoms with van der Waals surface area (Å²) in [7, 11) is 0. The molecule has 1 saturated carbocycles. The van der Waals surface area contributed by atoms with Crippen molar-refractivity contribution in [2.45, 2.75) is 90.3 Å². The lowest BCUT2D eigenvalue weighted by molar-refractivity contribution is -0.00389. The molecule has 3 aromatic rings. The number of hydrogen-bond acceptors (Lipinski definition) is 14. The molecule has 0 amide bonds.